The van der Waals surface area contributed by atoms with E-state index in [9.17, 15) is 9.59 Å². The summed E-state index contributed by atoms with van der Waals surface area (Å²) in [4.78, 5) is 24.2. The molecule has 1 heterocycles. The minimum atomic E-state index is -0.781. The first-order valence-corrected chi connectivity index (χ1v) is 6.80. The molecule has 1 aliphatic rings. The summed E-state index contributed by atoms with van der Waals surface area (Å²) in [5.74, 6) is -0.0102. The Kier molecular flexibility index (Phi) is 5.17. The van der Waals surface area contributed by atoms with Crippen LogP contribution in [0.15, 0.2) is 0 Å². The maximum Gasteiger partial charge on any atom is 0.303 e. The quantitative estimate of drug-likeness (QED) is 0.768. The molecule has 0 aliphatic carbocycles. The van der Waals surface area contributed by atoms with E-state index < -0.39 is 5.97 Å². The highest BCUT2D eigenvalue weighted by Gasteiger charge is 2.33. The van der Waals surface area contributed by atoms with Crippen molar-refractivity contribution in [1.82, 2.24) is 4.90 Å². The highest BCUT2D eigenvalue weighted by atomic mass is 16.4. The van der Waals surface area contributed by atoms with Gasteiger partial charge in [-0.05, 0) is 30.6 Å². The number of hydrogen-bond acceptors (Lipinski definition) is 2. The van der Waals surface area contributed by atoms with Crippen molar-refractivity contribution in [3.05, 3.63) is 0 Å². The fourth-order valence-electron chi connectivity index (χ4n) is 2.40. The van der Waals surface area contributed by atoms with Gasteiger partial charge in [-0.15, -0.1) is 0 Å². The maximum absolute atomic E-state index is 11.9. The van der Waals surface area contributed by atoms with E-state index in [1.165, 1.54) is 0 Å². The van der Waals surface area contributed by atoms with Crippen molar-refractivity contribution in [3.63, 3.8) is 0 Å². The van der Waals surface area contributed by atoms with Crippen LogP contribution in [0.25, 0.3) is 0 Å². The van der Waals surface area contributed by atoms with Gasteiger partial charge in [0.25, 0.3) is 0 Å². The predicted octanol–water partition coefficient (Wildman–Crippen LogP) is 2.53. The molecule has 0 aromatic rings. The summed E-state index contributed by atoms with van der Waals surface area (Å²) >= 11 is 0. The van der Waals surface area contributed by atoms with Gasteiger partial charge in [0.15, 0.2) is 0 Å². The molecule has 4 nitrogen and oxygen atoms in total. The third-order valence-corrected chi connectivity index (χ3v) is 3.80. The molecule has 1 unspecified atom stereocenters. The molecule has 1 fully saturated rings. The third kappa shape index (κ3) is 4.67. The summed E-state index contributed by atoms with van der Waals surface area (Å²) in [6.45, 7) is 8.39. The number of rotatable bonds is 5. The van der Waals surface area contributed by atoms with Gasteiger partial charge in [0.2, 0.25) is 5.91 Å². The number of carboxylic acids is 1. The number of amides is 1. The Balaban J connectivity index is 2.26. The lowest BCUT2D eigenvalue weighted by Crippen LogP contribution is -2.30. The molecule has 104 valence electrons. The second-order valence-electron chi connectivity index (χ2n) is 6.29. The van der Waals surface area contributed by atoms with Crippen LogP contribution in [0.4, 0.5) is 0 Å². The number of carboxylic acid groups (broad SMARTS) is 1. The molecule has 0 spiro atoms. The predicted molar refractivity (Wildman–Crippen MR) is 70.2 cm³/mol. The summed E-state index contributed by atoms with van der Waals surface area (Å²) in [7, 11) is 0. The molecule has 0 aromatic carbocycles. The second-order valence-corrected chi connectivity index (χ2v) is 6.29. The monoisotopic (exact) mass is 255 g/mol. The van der Waals surface area contributed by atoms with Crippen LogP contribution < -0.4 is 0 Å². The lowest BCUT2D eigenvalue weighted by Gasteiger charge is -2.27. The van der Waals surface area contributed by atoms with E-state index in [1.54, 1.807) is 0 Å². The van der Waals surface area contributed by atoms with Gasteiger partial charge in [0.1, 0.15) is 0 Å². The molecule has 18 heavy (non-hydrogen) atoms. The van der Waals surface area contributed by atoms with Gasteiger partial charge in [-0.3, -0.25) is 9.59 Å². The number of carbonyl (C=O) groups is 2. The van der Waals surface area contributed by atoms with Crippen LogP contribution in [-0.2, 0) is 9.59 Å². The van der Waals surface area contributed by atoms with Gasteiger partial charge in [0, 0.05) is 25.9 Å². The molecule has 0 radical (unpaired) electrons. The first-order valence-electron chi connectivity index (χ1n) is 6.80. The SMILES string of the molecule is CC(C)(C)C1CCN(C(=O)CCCCC(=O)O)C1. The smallest absolute Gasteiger partial charge is 0.303 e. The molecule has 4 heteroatoms. The standard InChI is InChI=1S/C14H25NO3/c1-14(2,3)11-8-9-15(10-11)12(16)6-4-5-7-13(17)18/h11H,4-10H2,1-3H3,(H,17,18). The number of hydrogen-bond donors (Lipinski definition) is 1. The van der Waals surface area contributed by atoms with Gasteiger partial charge in [-0.2, -0.15) is 0 Å². The summed E-state index contributed by atoms with van der Waals surface area (Å²) in [5, 5.41) is 8.52. The fourth-order valence-corrected chi connectivity index (χ4v) is 2.40. The Hall–Kier alpha value is -1.06. The summed E-state index contributed by atoms with van der Waals surface area (Å²) in [6, 6.07) is 0. The normalized spacial score (nSPS) is 20.2. The second kappa shape index (κ2) is 6.21. The van der Waals surface area contributed by atoms with E-state index >= 15 is 0 Å². The molecular weight excluding hydrogens is 230 g/mol. The van der Waals surface area contributed by atoms with Crippen molar-refractivity contribution in [2.75, 3.05) is 13.1 Å². The average Bonchev–Trinajstić information content (AvgIpc) is 2.72. The van der Waals surface area contributed by atoms with Crippen LogP contribution in [0, 0.1) is 11.3 Å². The Morgan fingerprint density at radius 2 is 1.83 bits per heavy atom. The van der Waals surface area contributed by atoms with E-state index in [1.807, 2.05) is 4.90 Å². The Bertz CT molecular complexity index is 307. The summed E-state index contributed by atoms with van der Waals surface area (Å²) < 4.78 is 0. The highest BCUT2D eigenvalue weighted by molar-refractivity contribution is 5.76. The zero-order valence-electron chi connectivity index (χ0n) is 11.7. The van der Waals surface area contributed by atoms with Gasteiger partial charge in [-0.25, -0.2) is 0 Å². The minimum Gasteiger partial charge on any atom is -0.481 e. The lowest BCUT2D eigenvalue weighted by atomic mass is 9.80. The first kappa shape index (κ1) is 15.0. The van der Waals surface area contributed by atoms with Crippen LogP contribution in [-0.4, -0.2) is 35.0 Å². The van der Waals surface area contributed by atoms with Crippen LogP contribution >= 0.6 is 0 Å². The molecule has 0 saturated carbocycles. The first-order chi connectivity index (χ1) is 8.30. The number of carbonyl (C=O) groups excluding carboxylic acids is 1. The van der Waals surface area contributed by atoms with Crippen molar-refractivity contribution in [2.24, 2.45) is 11.3 Å². The largest absolute Gasteiger partial charge is 0.481 e. The van der Waals surface area contributed by atoms with Crippen molar-refractivity contribution < 1.29 is 14.7 Å². The van der Waals surface area contributed by atoms with E-state index in [0.29, 0.717) is 25.2 Å². The van der Waals surface area contributed by atoms with Crippen LogP contribution in [0.5, 0.6) is 0 Å². The molecule has 1 atom stereocenters. The third-order valence-electron chi connectivity index (χ3n) is 3.80. The number of likely N-dealkylation sites (tertiary alicyclic amines) is 1. The molecule has 1 saturated heterocycles. The zero-order chi connectivity index (χ0) is 13.8. The zero-order valence-corrected chi connectivity index (χ0v) is 11.7. The molecule has 1 rings (SSSR count). The van der Waals surface area contributed by atoms with E-state index in [2.05, 4.69) is 20.8 Å². The number of aliphatic carboxylic acids is 1. The van der Waals surface area contributed by atoms with Gasteiger partial charge in [0.05, 0.1) is 0 Å². The van der Waals surface area contributed by atoms with Crippen LogP contribution in [0.2, 0.25) is 0 Å². The van der Waals surface area contributed by atoms with Gasteiger partial charge in [-0.1, -0.05) is 20.8 Å². The number of nitrogens with zero attached hydrogens (tertiary/aromatic N) is 1. The van der Waals surface area contributed by atoms with E-state index in [0.717, 1.165) is 19.5 Å². The topological polar surface area (TPSA) is 57.6 Å². The summed E-state index contributed by atoms with van der Waals surface area (Å²) in [5.41, 5.74) is 0.262. The van der Waals surface area contributed by atoms with E-state index in [-0.39, 0.29) is 17.7 Å². The van der Waals surface area contributed by atoms with E-state index in [4.69, 9.17) is 5.11 Å². The molecule has 1 amide bonds. The van der Waals surface area contributed by atoms with Gasteiger partial charge < -0.3 is 10.0 Å². The number of unbranched alkanes of at least 4 members (excludes halogenated alkanes) is 1. The molecule has 0 bridgehead atoms. The maximum atomic E-state index is 11.9. The van der Waals surface area contributed by atoms with Crippen LogP contribution in [0.3, 0.4) is 0 Å². The van der Waals surface area contributed by atoms with Crippen LogP contribution in [0.1, 0.15) is 52.9 Å². The molecule has 0 aromatic heterocycles. The molecule has 1 N–H and O–H groups in total. The molecular formula is C14H25NO3. The highest BCUT2D eigenvalue weighted by Crippen LogP contribution is 2.33. The summed E-state index contributed by atoms with van der Waals surface area (Å²) in [6.07, 6.45) is 3.02. The fraction of sp³-hybridized carbons (Fsp3) is 0.857. The Morgan fingerprint density at radius 3 is 2.33 bits per heavy atom. The van der Waals surface area contributed by atoms with Crippen molar-refractivity contribution in [2.45, 2.75) is 52.9 Å². The average molecular weight is 255 g/mol. The Labute approximate surface area is 109 Å². The van der Waals surface area contributed by atoms with Crippen molar-refractivity contribution >= 4 is 11.9 Å². The van der Waals surface area contributed by atoms with Crippen molar-refractivity contribution in [1.29, 1.82) is 0 Å². The minimum absolute atomic E-state index is 0.165. The Morgan fingerprint density at radius 1 is 1.22 bits per heavy atom. The van der Waals surface area contributed by atoms with Gasteiger partial charge >= 0.3 is 5.97 Å². The van der Waals surface area contributed by atoms with Crippen molar-refractivity contribution in [3.8, 4) is 0 Å². The lowest BCUT2D eigenvalue weighted by molar-refractivity contribution is -0.137. The molecule has 1 aliphatic heterocycles.